The van der Waals surface area contributed by atoms with Crippen LogP contribution in [-0.4, -0.2) is 70.5 Å². The van der Waals surface area contributed by atoms with Gasteiger partial charge in [0.15, 0.2) is 11.5 Å². The summed E-state index contributed by atoms with van der Waals surface area (Å²) in [6.45, 7) is 3.37. The van der Waals surface area contributed by atoms with E-state index in [-0.39, 0.29) is 38.6 Å². The van der Waals surface area contributed by atoms with Crippen molar-refractivity contribution >= 4 is 11.8 Å². The van der Waals surface area contributed by atoms with E-state index in [4.69, 9.17) is 13.9 Å². The Morgan fingerprint density at radius 3 is 2.73 bits per heavy atom. The molecule has 0 saturated heterocycles. The largest absolute Gasteiger partial charge is 0.493 e. The van der Waals surface area contributed by atoms with Gasteiger partial charge in [0.1, 0.15) is 12.2 Å². The Bertz CT molecular complexity index is 1160. The summed E-state index contributed by atoms with van der Waals surface area (Å²) in [5, 5.41) is 33.3. The van der Waals surface area contributed by atoms with E-state index >= 15 is 0 Å². The summed E-state index contributed by atoms with van der Waals surface area (Å²) in [4.78, 5) is 28.1. The van der Waals surface area contributed by atoms with E-state index in [9.17, 15) is 24.9 Å². The molecule has 0 fully saturated rings. The predicted octanol–water partition coefficient (Wildman–Crippen LogP) is 1.40. The normalized spacial score (nSPS) is 21.8. The van der Waals surface area contributed by atoms with Gasteiger partial charge in [-0.05, 0) is 36.3 Å². The van der Waals surface area contributed by atoms with Gasteiger partial charge in [-0.25, -0.2) is 0 Å². The first kappa shape index (κ1) is 26.5. The molecular weight excluding hydrogens is 480 g/mol. The first-order valence-corrected chi connectivity index (χ1v) is 12.1. The highest BCUT2D eigenvalue weighted by Gasteiger charge is 2.51. The van der Waals surface area contributed by atoms with Crippen LogP contribution in [0.2, 0.25) is 0 Å². The Labute approximate surface area is 214 Å². The van der Waals surface area contributed by atoms with E-state index in [1.54, 1.807) is 30.4 Å². The van der Waals surface area contributed by atoms with Crippen molar-refractivity contribution < 1.29 is 38.8 Å². The van der Waals surface area contributed by atoms with Gasteiger partial charge in [0.05, 0.1) is 44.8 Å². The van der Waals surface area contributed by atoms with Crippen LogP contribution in [0.5, 0.6) is 11.5 Å². The Balaban J connectivity index is 1.80. The summed E-state index contributed by atoms with van der Waals surface area (Å²) < 4.78 is 16.9. The fourth-order valence-electron chi connectivity index (χ4n) is 4.93. The zero-order chi connectivity index (χ0) is 26.5. The standard InChI is InChI=1S/C27H32N2O8/c1-3-4-5-22(32)29(13-16-6-9-36-15-16)20-12-19(27(34)28-7-8-30)23-18-10-17(14-31)11-21(35-2)25(18)37-26(23)24(20)33/h3,6,9-12,15,20,23-24,26,30-31,33H,1,4-5,7-8,13-14H2,2H3,(H,28,34)/t20-,23+,24+,26+/m1/s1. The molecule has 4 rings (SSSR count). The van der Waals surface area contributed by atoms with Gasteiger partial charge in [-0.15, -0.1) is 6.58 Å². The maximum atomic E-state index is 13.3. The summed E-state index contributed by atoms with van der Waals surface area (Å²) in [6.07, 6.45) is 4.80. The molecule has 198 valence electrons. The molecule has 2 aromatic rings. The summed E-state index contributed by atoms with van der Waals surface area (Å²) >= 11 is 0. The van der Waals surface area contributed by atoms with Gasteiger partial charge in [-0.2, -0.15) is 0 Å². The lowest BCUT2D eigenvalue weighted by Gasteiger charge is -2.40. The molecule has 1 aliphatic heterocycles. The summed E-state index contributed by atoms with van der Waals surface area (Å²) in [6, 6.07) is 4.20. The minimum atomic E-state index is -1.19. The van der Waals surface area contributed by atoms with Crippen molar-refractivity contribution in [2.24, 2.45) is 0 Å². The van der Waals surface area contributed by atoms with Crippen molar-refractivity contribution in [2.45, 2.75) is 50.2 Å². The smallest absolute Gasteiger partial charge is 0.247 e. The molecule has 4 N–H and O–H groups in total. The number of carbonyl (C=O) groups is 2. The number of benzene rings is 1. The second-order valence-corrected chi connectivity index (χ2v) is 9.00. The quantitative estimate of drug-likeness (QED) is 0.331. The van der Waals surface area contributed by atoms with E-state index in [2.05, 4.69) is 11.9 Å². The average molecular weight is 513 g/mol. The van der Waals surface area contributed by atoms with E-state index in [0.29, 0.717) is 34.6 Å². The summed E-state index contributed by atoms with van der Waals surface area (Å²) in [5.41, 5.74) is 2.17. The van der Waals surface area contributed by atoms with E-state index in [1.165, 1.54) is 24.5 Å². The molecule has 10 heteroatoms. The third-order valence-corrected chi connectivity index (χ3v) is 6.67. The van der Waals surface area contributed by atoms with Crippen molar-refractivity contribution in [3.63, 3.8) is 0 Å². The molecule has 1 aliphatic carbocycles. The SMILES string of the molecule is C=CCCC(=O)N(Cc1ccoc1)[C@@H]1C=C(C(=O)NCCO)[C@@H]2c3cc(CO)cc(OC)c3O[C@@H]2[C@H]1O. The number of rotatable bonds is 11. The van der Waals surface area contributed by atoms with Crippen LogP contribution in [0.25, 0.3) is 0 Å². The Kier molecular flexibility index (Phi) is 8.32. The Morgan fingerprint density at radius 1 is 1.27 bits per heavy atom. The molecule has 2 aliphatic rings. The zero-order valence-corrected chi connectivity index (χ0v) is 20.6. The molecule has 4 atom stereocenters. The van der Waals surface area contributed by atoms with Gasteiger partial charge >= 0.3 is 0 Å². The number of nitrogens with one attached hydrogen (secondary N) is 1. The van der Waals surface area contributed by atoms with Gasteiger partial charge in [-0.1, -0.05) is 6.08 Å². The second-order valence-electron chi connectivity index (χ2n) is 9.00. The fraction of sp³-hybridized carbons (Fsp3) is 0.407. The lowest BCUT2D eigenvalue weighted by molar-refractivity contribution is -0.138. The Hall–Kier alpha value is -3.60. The molecule has 2 amide bonds. The number of methoxy groups -OCH3 is 1. The van der Waals surface area contributed by atoms with Gasteiger partial charge in [0.2, 0.25) is 11.8 Å². The number of fused-ring (bicyclic) bond motifs is 3. The van der Waals surface area contributed by atoms with Crippen LogP contribution in [0.4, 0.5) is 0 Å². The third-order valence-electron chi connectivity index (χ3n) is 6.67. The number of hydrogen-bond donors (Lipinski definition) is 4. The van der Waals surface area contributed by atoms with Gasteiger partial charge in [0, 0.05) is 36.2 Å². The first-order chi connectivity index (χ1) is 17.9. The topological polar surface area (TPSA) is 142 Å². The molecule has 2 heterocycles. The molecule has 0 radical (unpaired) electrons. The number of allylic oxidation sites excluding steroid dienone is 1. The number of furan rings is 1. The monoisotopic (exact) mass is 512 g/mol. The molecule has 1 aromatic carbocycles. The van der Waals surface area contributed by atoms with Gasteiger partial charge in [0.25, 0.3) is 0 Å². The number of carbonyl (C=O) groups excluding carboxylic acids is 2. The van der Waals surface area contributed by atoms with Crippen LogP contribution >= 0.6 is 0 Å². The number of nitrogens with zero attached hydrogens (tertiary/aromatic N) is 1. The minimum Gasteiger partial charge on any atom is -0.493 e. The summed E-state index contributed by atoms with van der Waals surface area (Å²) in [7, 11) is 1.47. The van der Waals surface area contributed by atoms with Crippen LogP contribution in [-0.2, 0) is 22.7 Å². The lowest BCUT2D eigenvalue weighted by Crippen LogP contribution is -2.55. The first-order valence-electron chi connectivity index (χ1n) is 12.1. The van der Waals surface area contributed by atoms with Crippen LogP contribution in [0.15, 0.2) is 59.4 Å². The average Bonchev–Trinajstić information content (AvgIpc) is 3.57. The van der Waals surface area contributed by atoms with Crippen LogP contribution in [0.1, 0.15) is 35.4 Å². The minimum absolute atomic E-state index is 0.0332. The molecule has 1 aromatic heterocycles. The van der Waals surface area contributed by atoms with Crippen molar-refractivity contribution in [3.8, 4) is 11.5 Å². The van der Waals surface area contributed by atoms with Gasteiger partial charge < -0.3 is 39.4 Å². The molecule has 10 nitrogen and oxygen atoms in total. The Morgan fingerprint density at radius 2 is 2.08 bits per heavy atom. The van der Waals surface area contributed by atoms with Crippen LogP contribution < -0.4 is 14.8 Å². The van der Waals surface area contributed by atoms with E-state index in [0.717, 1.165) is 5.56 Å². The van der Waals surface area contributed by atoms with Crippen molar-refractivity contribution in [3.05, 3.63) is 71.7 Å². The third kappa shape index (κ3) is 5.27. The van der Waals surface area contributed by atoms with Crippen molar-refractivity contribution in [2.75, 3.05) is 20.3 Å². The number of hydrogen-bond acceptors (Lipinski definition) is 8. The van der Waals surface area contributed by atoms with E-state index in [1.807, 2.05) is 0 Å². The summed E-state index contributed by atoms with van der Waals surface area (Å²) in [5.74, 6) is -0.626. The highest BCUT2D eigenvalue weighted by molar-refractivity contribution is 5.96. The highest BCUT2D eigenvalue weighted by Crippen LogP contribution is 2.51. The van der Waals surface area contributed by atoms with Gasteiger partial charge in [-0.3, -0.25) is 9.59 Å². The van der Waals surface area contributed by atoms with Crippen molar-refractivity contribution in [1.82, 2.24) is 10.2 Å². The maximum Gasteiger partial charge on any atom is 0.247 e. The molecule has 37 heavy (non-hydrogen) atoms. The number of aliphatic hydroxyl groups excluding tert-OH is 3. The molecular formula is C27H32N2O8. The zero-order valence-electron chi connectivity index (χ0n) is 20.6. The molecule has 0 saturated carbocycles. The van der Waals surface area contributed by atoms with Crippen molar-refractivity contribution in [1.29, 1.82) is 0 Å². The fourth-order valence-corrected chi connectivity index (χ4v) is 4.93. The predicted molar refractivity (Wildman–Crippen MR) is 133 cm³/mol. The van der Waals surface area contributed by atoms with Crippen LogP contribution in [0.3, 0.4) is 0 Å². The van der Waals surface area contributed by atoms with E-state index < -0.39 is 30.1 Å². The molecule has 0 unspecified atom stereocenters. The number of ether oxygens (including phenoxy) is 2. The maximum absolute atomic E-state index is 13.3. The second kappa shape index (κ2) is 11.6. The van der Waals surface area contributed by atoms with Crippen LogP contribution in [0, 0.1) is 0 Å². The number of aliphatic hydroxyl groups is 3. The molecule has 0 bridgehead atoms. The highest BCUT2D eigenvalue weighted by atomic mass is 16.5. The molecule has 0 spiro atoms. The number of amides is 2. The lowest BCUT2D eigenvalue weighted by atomic mass is 9.77.